The number of hydrogen-bond donors (Lipinski definition) is 1. The van der Waals surface area contributed by atoms with E-state index >= 15 is 0 Å². The van der Waals surface area contributed by atoms with E-state index < -0.39 is 6.04 Å². The molecule has 2 aliphatic rings. The molecule has 2 saturated heterocycles. The SMILES string of the molecule is CC1C(=O)NCCCN1C(=O)c1ccc(CN2CCN(C)CC2)cc1. The molecular formula is C19H28N4O2. The summed E-state index contributed by atoms with van der Waals surface area (Å²) in [6.45, 7) is 8.33. The molecule has 3 rings (SSSR count). The summed E-state index contributed by atoms with van der Waals surface area (Å²) in [6.07, 6.45) is 0.795. The highest BCUT2D eigenvalue weighted by Crippen LogP contribution is 2.14. The van der Waals surface area contributed by atoms with Crippen molar-refractivity contribution >= 4 is 11.8 Å². The van der Waals surface area contributed by atoms with Crippen LogP contribution in [0.1, 0.15) is 29.3 Å². The van der Waals surface area contributed by atoms with Gasteiger partial charge in [0.05, 0.1) is 0 Å². The summed E-state index contributed by atoms with van der Waals surface area (Å²) in [6, 6.07) is 7.44. The Labute approximate surface area is 149 Å². The molecule has 0 spiro atoms. The predicted octanol–water partition coefficient (Wildman–Crippen LogP) is 0.785. The lowest BCUT2D eigenvalue weighted by Crippen LogP contribution is -2.45. The average molecular weight is 344 g/mol. The Morgan fingerprint density at radius 1 is 1.12 bits per heavy atom. The van der Waals surface area contributed by atoms with Crippen LogP contribution in [0, 0.1) is 0 Å². The van der Waals surface area contributed by atoms with Crippen molar-refractivity contribution < 1.29 is 9.59 Å². The zero-order chi connectivity index (χ0) is 17.8. The maximum Gasteiger partial charge on any atom is 0.254 e. The summed E-state index contributed by atoms with van der Waals surface area (Å²) in [4.78, 5) is 31.2. The van der Waals surface area contributed by atoms with E-state index in [2.05, 4.69) is 22.2 Å². The molecule has 1 atom stereocenters. The Bertz CT molecular complexity index is 608. The van der Waals surface area contributed by atoms with E-state index in [9.17, 15) is 9.59 Å². The van der Waals surface area contributed by atoms with Gasteiger partial charge in [0.1, 0.15) is 6.04 Å². The average Bonchev–Trinajstić information content (AvgIpc) is 2.79. The van der Waals surface area contributed by atoms with E-state index in [-0.39, 0.29) is 11.8 Å². The van der Waals surface area contributed by atoms with Gasteiger partial charge in [0.25, 0.3) is 5.91 Å². The first-order valence-electron chi connectivity index (χ1n) is 9.13. The molecule has 1 N–H and O–H groups in total. The van der Waals surface area contributed by atoms with Crippen molar-refractivity contribution in [3.8, 4) is 0 Å². The highest BCUT2D eigenvalue weighted by molar-refractivity contribution is 5.97. The van der Waals surface area contributed by atoms with Crippen LogP contribution in [0.3, 0.4) is 0 Å². The van der Waals surface area contributed by atoms with Gasteiger partial charge in [-0.05, 0) is 38.1 Å². The van der Waals surface area contributed by atoms with Crippen molar-refractivity contribution in [3.63, 3.8) is 0 Å². The molecule has 6 nitrogen and oxygen atoms in total. The monoisotopic (exact) mass is 344 g/mol. The van der Waals surface area contributed by atoms with Gasteiger partial charge in [-0.2, -0.15) is 0 Å². The van der Waals surface area contributed by atoms with Crippen molar-refractivity contribution in [1.82, 2.24) is 20.0 Å². The van der Waals surface area contributed by atoms with E-state index in [1.807, 2.05) is 24.3 Å². The largest absolute Gasteiger partial charge is 0.354 e. The first-order chi connectivity index (χ1) is 12.0. The van der Waals surface area contributed by atoms with Crippen molar-refractivity contribution in [2.45, 2.75) is 25.9 Å². The van der Waals surface area contributed by atoms with Crippen molar-refractivity contribution in [1.29, 1.82) is 0 Å². The van der Waals surface area contributed by atoms with Crippen LogP contribution < -0.4 is 5.32 Å². The van der Waals surface area contributed by atoms with Gasteiger partial charge in [-0.15, -0.1) is 0 Å². The van der Waals surface area contributed by atoms with Crippen LogP contribution in [0.2, 0.25) is 0 Å². The predicted molar refractivity (Wildman–Crippen MR) is 97.3 cm³/mol. The van der Waals surface area contributed by atoms with E-state index in [1.54, 1.807) is 11.8 Å². The van der Waals surface area contributed by atoms with Crippen LogP contribution in [0.5, 0.6) is 0 Å². The van der Waals surface area contributed by atoms with Crippen LogP contribution in [0.25, 0.3) is 0 Å². The first-order valence-corrected chi connectivity index (χ1v) is 9.13. The number of nitrogens with one attached hydrogen (secondary N) is 1. The quantitative estimate of drug-likeness (QED) is 0.881. The normalized spacial score (nSPS) is 23.2. The number of hydrogen-bond acceptors (Lipinski definition) is 4. The van der Waals surface area contributed by atoms with E-state index in [0.29, 0.717) is 18.7 Å². The number of amides is 2. The number of likely N-dealkylation sites (N-methyl/N-ethyl adjacent to an activating group) is 1. The second-order valence-corrected chi connectivity index (χ2v) is 7.10. The Morgan fingerprint density at radius 2 is 1.80 bits per heavy atom. The molecule has 0 aliphatic carbocycles. The van der Waals surface area contributed by atoms with Crippen LogP contribution in [-0.4, -0.2) is 78.9 Å². The molecule has 1 aromatic carbocycles. The molecule has 6 heteroatoms. The summed E-state index contributed by atoms with van der Waals surface area (Å²) in [5.41, 5.74) is 1.88. The lowest BCUT2D eigenvalue weighted by Gasteiger charge is -2.32. The molecule has 2 aliphatic heterocycles. The minimum atomic E-state index is -0.417. The van der Waals surface area contributed by atoms with Gasteiger partial charge in [-0.3, -0.25) is 14.5 Å². The molecule has 0 saturated carbocycles. The Balaban J connectivity index is 1.63. The van der Waals surface area contributed by atoms with Crippen LogP contribution in [-0.2, 0) is 11.3 Å². The first kappa shape index (κ1) is 17.9. The summed E-state index contributed by atoms with van der Waals surface area (Å²) in [7, 11) is 2.15. The molecule has 0 bridgehead atoms. The Kier molecular flexibility index (Phi) is 5.71. The molecule has 2 heterocycles. The molecule has 0 aromatic heterocycles. The summed E-state index contributed by atoms with van der Waals surface area (Å²) >= 11 is 0. The van der Waals surface area contributed by atoms with Crippen LogP contribution in [0.15, 0.2) is 24.3 Å². The Hall–Kier alpha value is -1.92. The molecule has 0 radical (unpaired) electrons. The second-order valence-electron chi connectivity index (χ2n) is 7.10. The van der Waals surface area contributed by atoms with Gasteiger partial charge in [-0.25, -0.2) is 0 Å². The van der Waals surface area contributed by atoms with Crippen molar-refractivity contribution in [2.75, 3.05) is 46.3 Å². The standard InChI is InChI=1S/C19H28N4O2/c1-15-18(24)20-8-3-9-23(15)19(25)17-6-4-16(5-7-17)14-22-12-10-21(2)11-13-22/h4-7,15H,3,8-14H2,1-2H3,(H,20,24). The van der Waals surface area contributed by atoms with Gasteiger partial charge < -0.3 is 15.1 Å². The van der Waals surface area contributed by atoms with E-state index in [1.165, 1.54) is 5.56 Å². The molecule has 1 aromatic rings. The fourth-order valence-corrected chi connectivity index (χ4v) is 3.40. The zero-order valence-electron chi connectivity index (χ0n) is 15.2. The third kappa shape index (κ3) is 4.38. The fourth-order valence-electron chi connectivity index (χ4n) is 3.40. The molecule has 25 heavy (non-hydrogen) atoms. The molecule has 2 amide bonds. The topological polar surface area (TPSA) is 55.9 Å². The number of benzene rings is 1. The number of carbonyl (C=O) groups excluding carboxylic acids is 2. The maximum atomic E-state index is 12.8. The smallest absolute Gasteiger partial charge is 0.254 e. The maximum absolute atomic E-state index is 12.8. The van der Waals surface area contributed by atoms with E-state index in [4.69, 9.17) is 0 Å². The summed E-state index contributed by atoms with van der Waals surface area (Å²) in [5, 5.41) is 2.85. The van der Waals surface area contributed by atoms with Gasteiger partial charge >= 0.3 is 0 Å². The highest BCUT2D eigenvalue weighted by atomic mass is 16.2. The van der Waals surface area contributed by atoms with Crippen molar-refractivity contribution in [2.24, 2.45) is 0 Å². The number of carbonyl (C=O) groups is 2. The highest BCUT2D eigenvalue weighted by Gasteiger charge is 2.28. The lowest BCUT2D eigenvalue weighted by molar-refractivity contribution is -0.124. The molecule has 2 fully saturated rings. The fraction of sp³-hybridized carbons (Fsp3) is 0.579. The Morgan fingerprint density at radius 3 is 2.48 bits per heavy atom. The molecular weight excluding hydrogens is 316 g/mol. The zero-order valence-corrected chi connectivity index (χ0v) is 15.2. The second kappa shape index (κ2) is 7.97. The lowest BCUT2D eigenvalue weighted by atomic mass is 10.1. The minimum absolute atomic E-state index is 0.0595. The van der Waals surface area contributed by atoms with Crippen LogP contribution in [0.4, 0.5) is 0 Å². The molecule has 1 unspecified atom stereocenters. The third-order valence-corrected chi connectivity index (χ3v) is 5.19. The van der Waals surface area contributed by atoms with Gasteiger partial charge in [0.15, 0.2) is 0 Å². The number of nitrogens with zero attached hydrogens (tertiary/aromatic N) is 3. The minimum Gasteiger partial charge on any atom is -0.354 e. The van der Waals surface area contributed by atoms with Crippen LogP contribution >= 0.6 is 0 Å². The summed E-state index contributed by atoms with van der Waals surface area (Å²) in [5.74, 6) is -0.131. The molecule has 136 valence electrons. The third-order valence-electron chi connectivity index (χ3n) is 5.19. The number of rotatable bonds is 3. The number of piperazine rings is 1. The van der Waals surface area contributed by atoms with Gasteiger partial charge in [0, 0.05) is 51.4 Å². The van der Waals surface area contributed by atoms with Gasteiger partial charge in [-0.1, -0.05) is 12.1 Å². The van der Waals surface area contributed by atoms with E-state index in [0.717, 1.165) is 39.1 Å². The summed E-state index contributed by atoms with van der Waals surface area (Å²) < 4.78 is 0. The van der Waals surface area contributed by atoms with Crippen molar-refractivity contribution in [3.05, 3.63) is 35.4 Å². The van der Waals surface area contributed by atoms with Gasteiger partial charge in [0.2, 0.25) is 5.91 Å².